The van der Waals surface area contributed by atoms with Gasteiger partial charge in [-0.3, -0.25) is 0 Å². The molecule has 6 heteroatoms. The number of piperidine rings is 1. The summed E-state index contributed by atoms with van der Waals surface area (Å²) in [5, 5.41) is 11.2. The molecule has 84 valence electrons. The van der Waals surface area contributed by atoms with E-state index in [4.69, 9.17) is 9.84 Å². The van der Waals surface area contributed by atoms with Crippen LogP contribution in [0.15, 0.2) is 0 Å². The molecule has 0 bridgehead atoms. The minimum Gasteiger partial charge on any atom is -0.465 e. The Bertz CT molecular complexity index is 306. The molecule has 1 aliphatic carbocycles. The number of nitrogens with one attached hydrogen (secondary N) is 1. The van der Waals surface area contributed by atoms with Crippen LogP contribution in [0.5, 0.6) is 0 Å². The minimum absolute atomic E-state index is 0.0924. The third-order valence-corrected chi connectivity index (χ3v) is 3.27. The van der Waals surface area contributed by atoms with Crippen molar-refractivity contribution in [3.8, 4) is 0 Å². The predicted molar refractivity (Wildman–Crippen MR) is 50.5 cm³/mol. The summed E-state index contributed by atoms with van der Waals surface area (Å²) >= 11 is 0. The second-order valence-corrected chi connectivity index (χ2v) is 4.25. The van der Waals surface area contributed by atoms with Gasteiger partial charge in [-0.15, -0.1) is 0 Å². The summed E-state index contributed by atoms with van der Waals surface area (Å²) in [4.78, 5) is 23.0. The quantitative estimate of drug-likeness (QED) is 0.694. The molecule has 0 aromatic rings. The molecular weight excluding hydrogens is 200 g/mol. The van der Waals surface area contributed by atoms with Crippen LogP contribution in [0.4, 0.5) is 9.59 Å². The Balaban J connectivity index is 1.85. The van der Waals surface area contributed by atoms with E-state index in [0.717, 1.165) is 6.42 Å². The normalized spacial score (nSPS) is 32.1. The van der Waals surface area contributed by atoms with Crippen molar-refractivity contribution in [1.29, 1.82) is 0 Å². The molecule has 0 spiro atoms. The van der Waals surface area contributed by atoms with E-state index in [0.29, 0.717) is 25.6 Å². The van der Waals surface area contributed by atoms with Gasteiger partial charge < -0.3 is 20.1 Å². The topological polar surface area (TPSA) is 78.9 Å². The summed E-state index contributed by atoms with van der Waals surface area (Å²) in [5.41, 5.74) is -0.0924. The highest BCUT2D eigenvalue weighted by Gasteiger charge is 2.61. The fraction of sp³-hybridized carbons (Fsp3) is 0.778. The smallest absolute Gasteiger partial charge is 0.407 e. The van der Waals surface area contributed by atoms with E-state index in [-0.39, 0.29) is 5.41 Å². The fourth-order valence-corrected chi connectivity index (χ4v) is 2.24. The molecule has 2 fully saturated rings. The van der Waals surface area contributed by atoms with Gasteiger partial charge in [0.2, 0.25) is 0 Å². The lowest BCUT2D eigenvalue weighted by Gasteiger charge is -2.17. The molecule has 0 aromatic heterocycles. The Labute approximate surface area is 87.2 Å². The number of carbonyl (C=O) groups excluding carboxylic acids is 1. The lowest BCUT2D eigenvalue weighted by Crippen LogP contribution is -2.32. The summed E-state index contributed by atoms with van der Waals surface area (Å²) in [6.07, 6.45) is -0.376. The lowest BCUT2D eigenvalue weighted by atomic mass is 10.1. The maximum Gasteiger partial charge on any atom is 0.407 e. The zero-order valence-corrected chi connectivity index (χ0v) is 8.52. The molecule has 15 heavy (non-hydrogen) atoms. The number of fused-ring (bicyclic) bond motifs is 1. The number of hydrogen-bond donors (Lipinski definition) is 2. The van der Waals surface area contributed by atoms with Gasteiger partial charge in [-0.25, -0.2) is 9.59 Å². The average molecular weight is 214 g/mol. The molecule has 1 heterocycles. The Morgan fingerprint density at radius 3 is 2.93 bits per heavy atom. The molecule has 2 unspecified atom stereocenters. The average Bonchev–Trinajstić information content (AvgIpc) is 2.77. The summed E-state index contributed by atoms with van der Waals surface area (Å²) in [5.74, 6) is 0.373. The van der Waals surface area contributed by atoms with Gasteiger partial charge in [0.05, 0.1) is 0 Å². The summed E-state index contributed by atoms with van der Waals surface area (Å²) < 4.78 is 4.98. The number of rotatable bonds is 2. The Morgan fingerprint density at radius 2 is 2.40 bits per heavy atom. The fourth-order valence-electron chi connectivity index (χ4n) is 2.24. The van der Waals surface area contributed by atoms with Gasteiger partial charge >= 0.3 is 12.2 Å². The zero-order valence-electron chi connectivity index (χ0n) is 8.52. The van der Waals surface area contributed by atoms with Crippen LogP contribution in [0.1, 0.15) is 6.42 Å². The molecule has 2 atom stereocenters. The maximum atomic E-state index is 10.9. The number of amides is 2. The van der Waals surface area contributed by atoms with Crippen molar-refractivity contribution >= 4 is 12.2 Å². The molecule has 6 nitrogen and oxygen atoms in total. The molecule has 1 saturated heterocycles. The van der Waals surface area contributed by atoms with E-state index < -0.39 is 12.2 Å². The van der Waals surface area contributed by atoms with Gasteiger partial charge in [-0.1, -0.05) is 0 Å². The highest BCUT2D eigenvalue weighted by Crippen LogP contribution is 2.57. The standard InChI is InChI=1S/C9H14N2O4/c1-10-7(12)15-5-9-2-6(9)3-11(4-9)8(13)14/h6H,2-5H2,1H3,(H,10,12)(H,13,14). The van der Waals surface area contributed by atoms with Crippen LogP contribution < -0.4 is 5.32 Å². The van der Waals surface area contributed by atoms with E-state index in [1.54, 1.807) is 0 Å². The number of carboxylic acid groups (broad SMARTS) is 1. The van der Waals surface area contributed by atoms with Gasteiger partial charge in [0.25, 0.3) is 0 Å². The molecule has 1 saturated carbocycles. The molecule has 1 aliphatic heterocycles. The number of hydrogen-bond acceptors (Lipinski definition) is 3. The minimum atomic E-state index is -0.887. The Hall–Kier alpha value is -1.46. The van der Waals surface area contributed by atoms with E-state index in [2.05, 4.69) is 5.32 Å². The highest BCUT2D eigenvalue weighted by atomic mass is 16.5. The Kier molecular flexibility index (Phi) is 2.21. The molecule has 0 radical (unpaired) electrons. The summed E-state index contributed by atoms with van der Waals surface area (Å²) in [6, 6.07) is 0. The van der Waals surface area contributed by atoms with Crippen LogP contribution in [0.2, 0.25) is 0 Å². The lowest BCUT2D eigenvalue weighted by molar-refractivity contribution is 0.113. The largest absolute Gasteiger partial charge is 0.465 e. The third kappa shape index (κ3) is 1.71. The molecule has 2 rings (SSSR count). The number of carbonyl (C=O) groups is 2. The van der Waals surface area contributed by atoms with Crippen LogP contribution in [0, 0.1) is 11.3 Å². The van der Waals surface area contributed by atoms with Crippen molar-refractivity contribution in [2.24, 2.45) is 11.3 Å². The number of nitrogens with zero attached hydrogens (tertiary/aromatic N) is 1. The zero-order chi connectivity index (χ0) is 11.1. The first-order chi connectivity index (χ1) is 7.07. The van der Waals surface area contributed by atoms with Crippen molar-refractivity contribution in [3.05, 3.63) is 0 Å². The SMILES string of the molecule is CNC(=O)OCC12CC1CN(C(=O)O)C2. The maximum absolute atomic E-state index is 10.9. The monoisotopic (exact) mass is 214 g/mol. The summed E-state index contributed by atoms with van der Waals surface area (Å²) in [6.45, 7) is 1.39. The van der Waals surface area contributed by atoms with Gasteiger partial charge in [0, 0.05) is 25.6 Å². The first-order valence-corrected chi connectivity index (χ1v) is 4.90. The molecule has 2 amide bonds. The van der Waals surface area contributed by atoms with E-state index in [9.17, 15) is 9.59 Å². The van der Waals surface area contributed by atoms with Gasteiger partial charge in [0.15, 0.2) is 0 Å². The second-order valence-electron chi connectivity index (χ2n) is 4.25. The highest BCUT2D eigenvalue weighted by molar-refractivity contribution is 5.67. The molecule has 2 N–H and O–H groups in total. The van der Waals surface area contributed by atoms with Crippen LogP contribution in [-0.2, 0) is 4.74 Å². The molecule has 0 aromatic carbocycles. The predicted octanol–water partition coefficient (Wildman–Crippen LogP) is 0.342. The van der Waals surface area contributed by atoms with Gasteiger partial charge in [0.1, 0.15) is 6.61 Å². The first kappa shape index (κ1) is 10.1. The molecule has 2 aliphatic rings. The van der Waals surface area contributed by atoms with Gasteiger partial charge in [-0.05, 0) is 12.3 Å². The van der Waals surface area contributed by atoms with Gasteiger partial charge in [-0.2, -0.15) is 0 Å². The number of likely N-dealkylation sites (tertiary alicyclic amines) is 1. The van der Waals surface area contributed by atoms with Crippen molar-refractivity contribution in [2.75, 3.05) is 26.7 Å². The van der Waals surface area contributed by atoms with Crippen LogP contribution >= 0.6 is 0 Å². The van der Waals surface area contributed by atoms with Crippen LogP contribution in [0.25, 0.3) is 0 Å². The van der Waals surface area contributed by atoms with E-state index in [1.807, 2.05) is 0 Å². The first-order valence-electron chi connectivity index (χ1n) is 4.90. The number of ether oxygens (including phenoxy) is 1. The van der Waals surface area contributed by atoms with E-state index >= 15 is 0 Å². The number of alkyl carbamates (subject to hydrolysis) is 1. The van der Waals surface area contributed by atoms with Crippen LogP contribution in [-0.4, -0.2) is 48.9 Å². The molecular formula is C9H14N2O4. The van der Waals surface area contributed by atoms with Crippen molar-refractivity contribution in [3.63, 3.8) is 0 Å². The van der Waals surface area contributed by atoms with Crippen molar-refractivity contribution in [2.45, 2.75) is 6.42 Å². The third-order valence-electron chi connectivity index (χ3n) is 3.27. The summed E-state index contributed by atoms with van der Waals surface area (Å²) in [7, 11) is 1.50. The van der Waals surface area contributed by atoms with Crippen molar-refractivity contribution in [1.82, 2.24) is 10.2 Å². The Morgan fingerprint density at radius 1 is 1.67 bits per heavy atom. The van der Waals surface area contributed by atoms with E-state index in [1.165, 1.54) is 11.9 Å². The second kappa shape index (κ2) is 3.29. The van der Waals surface area contributed by atoms with Crippen molar-refractivity contribution < 1.29 is 19.4 Å². The van der Waals surface area contributed by atoms with Crippen LogP contribution in [0.3, 0.4) is 0 Å².